The van der Waals surface area contributed by atoms with Crippen LogP contribution in [0.4, 0.5) is 0 Å². The fraction of sp³-hybridized carbons (Fsp3) is 0. The largest absolute Gasteiger partial charge is 0.740 e. The Kier molecular flexibility index (Phi) is 0.887. The Hall–Kier alpha value is -1.58. The molecule has 2 rings (SSSR count). The molecule has 0 saturated heterocycles. The zero-order chi connectivity index (χ0) is 6.97. The smallest absolute Gasteiger partial charge is 0.404 e. The van der Waals surface area contributed by atoms with E-state index in [1.165, 1.54) is 6.20 Å². The van der Waals surface area contributed by atoms with Crippen LogP contribution in [0, 0.1) is 11.4 Å². The summed E-state index contributed by atoms with van der Waals surface area (Å²) in [5.74, 6) is 0.350. The second-order valence-electron chi connectivity index (χ2n) is 1.89. The van der Waals surface area contributed by atoms with Crippen molar-refractivity contribution in [2.45, 2.75) is 0 Å². The predicted molar refractivity (Wildman–Crippen MR) is 33.0 cm³/mol. The second kappa shape index (κ2) is 1.70. The average molecular weight is 134 g/mol. The summed E-state index contributed by atoms with van der Waals surface area (Å²) >= 11 is 0. The highest BCUT2D eigenvalue weighted by Gasteiger charge is 2.01. The van der Waals surface area contributed by atoms with Crippen LogP contribution in [0.15, 0.2) is 24.7 Å². The molecule has 0 amide bonds. The lowest BCUT2D eigenvalue weighted by atomic mass is 10.7. The molecule has 0 fully saturated rings. The molecule has 0 atom stereocenters. The van der Waals surface area contributed by atoms with E-state index >= 15 is 0 Å². The summed E-state index contributed by atoms with van der Waals surface area (Å²) in [6.45, 7) is 0. The minimum Gasteiger partial charge on any atom is -0.740 e. The number of fused-ring (bicyclic) bond motifs is 1. The summed E-state index contributed by atoms with van der Waals surface area (Å²) in [7, 11) is 0. The molecule has 0 aliphatic rings. The molecule has 1 radical (unpaired) electrons. The van der Waals surface area contributed by atoms with Gasteiger partial charge in [-0.2, -0.15) is 0 Å². The molecule has 4 nitrogen and oxygen atoms in total. The maximum Gasteiger partial charge on any atom is 0.404 e. The van der Waals surface area contributed by atoms with Crippen LogP contribution >= 0.6 is 0 Å². The predicted octanol–water partition coefficient (Wildman–Crippen LogP) is -0.232. The Labute approximate surface area is 56.9 Å². The van der Waals surface area contributed by atoms with Crippen LogP contribution in [-0.4, -0.2) is 9.38 Å². The molecular formula is C6H4N3O. The van der Waals surface area contributed by atoms with Crippen molar-refractivity contribution >= 4 is 5.78 Å². The van der Waals surface area contributed by atoms with E-state index in [-0.39, 0.29) is 0 Å². The molecule has 2 aromatic heterocycles. The molecule has 0 saturated carbocycles. The van der Waals surface area contributed by atoms with Gasteiger partial charge in [-0.05, 0) is 0 Å². The van der Waals surface area contributed by atoms with Crippen molar-refractivity contribution in [2.24, 2.45) is 0 Å². The van der Waals surface area contributed by atoms with E-state index in [4.69, 9.17) is 0 Å². The summed E-state index contributed by atoms with van der Waals surface area (Å²) in [5, 5.41) is 10.9. The summed E-state index contributed by atoms with van der Waals surface area (Å²) in [6, 6.07) is 1.65. The summed E-state index contributed by atoms with van der Waals surface area (Å²) < 4.78 is 2.30. The summed E-state index contributed by atoms with van der Waals surface area (Å²) in [6.07, 6.45) is 7.31. The standard InChI is InChI=1S/C6H4N3O/c10-9-4-1-3-8-5-2-7-6(8)9/h1,3-5H. The Bertz CT molecular complexity index is 355. The van der Waals surface area contributed by atoms with E-state index in [2.05, 4.69) is 11.2 Å². The Morgan fingerprint density at radius 2 is 2.60 bits per heavy atom. The topological polar surface area (TPSA) is 44.2 Å². The van der Waals surface area contributed by atoms with Gasteiger partial charge in [-0.3, -0.25) is 0 Å². The number of nitrogens with zero attached hydrogens (tertiary/aromatic N) is 3. The third-order valence-corrected chi connectivity index (χ3v) is 1.26. The highest BCUT2D eigenvalue weighted by molar-refractivity contribution is 5.18. The molecule has 4 heteroatoms. The lowest BCUT2D eigenvalue weighted by Crippen LogP contribution is -2.27. The molecule has 0 unspecified atom stereocenters. The second-order valence-corrected chi connectivity index (χ2v) is 1.89. The van der Waals surface area contributed by atoms with Gasteiger partial charge in [0.2, 0.25) is 6.20 Å². The summed E-state index contributed by atoms with van der Waals surface area (Å²) in [5.41, 5.74) is 0. The van der Waals surface area contributed by atoms with Crippen molar-refractivity contribution < 1.29 is 4.73 Å². The van der Waals surface area contributed by atoms with E-state index in [0.717, 1.165) is 0 Å². The van der Waals surface area contributed by atoms with Crippen LogP contribution < -0.4 is 4.73 Å². The molecular weight excluding hydrogens is 130 g/mol. The van der Waals surface area contributed by atoms with Gasteiger partial charge >= 0.3 is 5.78 Å². The molecule has 0 N–H and O–H groups in total. The molecule has 10 heavy (non-hydrogen) atoms. The van der Waals surface area contributed by atoms with E-state index in [1.54, 1.807) is 22.9 Å². The normalized spacial score (nSPS) is 10.4. The van der Waals surface area contributed by atoms with E-state index < -0.39 is 0 Å². The first-order valence-corrected chi connectivity index (χ1v) is 2.81. The number of hydrogen-bond donors (Lipinski definition) is 0. The van der Waals surface area contributed by atoms with Gasteiger partial charge in [0.05, 0.1) is 12.4 Å². The van der Waals surface area contributed by atoms with Crippen molar-refractivity contribution in [1.29, 1.82) is 0 Å². The fourth-order valence-electron chi connectivity index (χ4n) is 0.813. The maximum atomic E-state index is 10.9. The molecule has 0 bridgehead atoms. The van der Waals surface area contributed by atoms with Gasteiger partial charge in [0, 0.05) is 6.07 Å². The number of imidazole rings is 1. The molecule has 2 heterocycles. The minimum atomic E-state index is 0.350. The van der Waals surface area contributed by atoms with Crippen LogP contribution in [0.25, 0.3) is 5.78 Å². The molecule has 0 aromatic carbocycles. The Morgan fingerprint density at radius 3 is 3.40 bits per heavy atom. The van der Waals surface area contributed by atoms with E-state index in [1.807, 2.05) is 0 Å². The highest BCUT2D eigenvalue weighted by atomic mass is 16.5. The van der Waals surface area contributed by atoms with Crippen LogP contribution in [-0.2, 0) is 0 Å². The monoisotopic (exact) mass is 134 g/mol. The van der Waals surface area contributed by atoms with Crippen LogP contribution in [0.1, 0.15) is 0 Å². The zero-order valence-corrected chi connectivity index (χ0v) is 5.06. The average Bonchev–Trinajstić information content (AvgIpc) is 2.36. The van der Waals surface area contributed by atoms with E-state index in [0.29, 0.717) is 10.5 Å². The molecule has 0 spiro atoms. The lowest BCUT2D eigenvalue weighted by molar-refractivity contribution is -0.583. The Morgan fingerprint density at radius 1 is 1.70 bits per heavy atom. The lowest BCUT2D eigenvalue weighted by Gasteiger charge is -1.99. The SMILES string of the molecule is [O-][n+]1cccn2c[c]nc21. The first-order chi connectivity index (χ1) is 4.88. The number of rotatable bonds is 0. The van der Waals surface area contributed by atoms with Crippen molar-refractivity contribution in [3.8, 4) is 0 Å². The third-order valence-electron chi connectivity index (χ3n) is 1.26. The van der Waals surface area contributed by atoms with Gasteiger partial charge in [0.15, 0.2) is 0 Å². The third kappa shape index (κ3) is 0.556. The van der Waals surface area contributed by atoms with Gasteiger partial charge in [-0.1, -0.05) is 4.98 Å². The molecule has 2 aromatic rings. The van der Waals surface area contributed by atoms with Crippen molar-refractivity contribution in [3.05, 3.63) is 36.1 Å². The first-order valence-electron chi connectivity index (χ1n) is 2.81. The number of hydrogen-bond acceptors (Lipinski definition) is 2. The van der Waals surface area contributed by atoms with Crippen molar-refractivity contribution in [1.82, 2.24) is 9.38 Å². The molecule has 49 valence electrons. The van der Waals surface area contributed by atoms with Crippen molar-refractivity contribution in [2.75, 3.05) is 0 Å². The van der Waals surface area contributed by atoms with Gasteiger partial charge in [-0.15, -0.1) is 0 Å². The zero-order valence-electron chi connectivity index (χ0n) is 5.06. The van der Waals surface area contributed by atoms with Gasteiger partial charge in [0.1, 0.15) is 6.20 Å². The Balaban J connectivity index is 2.95. The fourth-order valence-corrected chi connectivity index (χ4v) is 0.813. The number of aromatic nitrogens is 3. The maximum absolute atomic E-state index is 10.9. The van der Waals surface area contributed by atoms with Gasteiger partial charge in [0.25, 0.3) is 0 Å². The first kappa shape index (κ1) is 5.22. The molecule has 0 aliphatic heterocycles. The van der Waals surface area contributed by atoms with Gasteiger partial charge < -0.3 is 5.21 Å². The van der Waals surface area contributed by atoms with Crippen LogP contribution in [0.5, 0.6) is 0 Å². The van der Waals surface area contributed by atoms with Crippen LogP contribution in [0.3, 0.4) is 0 Å². The van der Waals surface area contributed by atoms with Crippen molar-refractivity contribution in [3.63, 3.8) is 0 Å². The summed E-state index contributed by atoms with van der Waals surface area (Å²) in [4.78, 5) is 3.71. The van der Waals surface area contributed by atoms with E-state index in [9.17, 15) is 5.21 Å². The van der Waals surface area contributed by atoms with Gasteiger partial charge in [-0.25, -0.2) is 9.13 Å². The highest BCUT2D eigenvalue weighted by Crippen LogP contribution is 1.89. The molecule has 0 aliphatic carbocycles. The van der Waals surface area contributed by atoms with Crippen LogP contribution in [0.2, 0.25) is 0 Å². The minimum absolute atomic E-state index is 0.350. The quantitative estimate of drug-likeness (QED) is 0.369.